The molecule has 2 N–H and O–H groups in total. The number of aliphatic hydroxyl groups is 2. The van der Waals surface area contributed by atoms with Gasteiger partial charge in [0.15, 0.2) is 11.5 Å². The standard InChI is InChI=1S/C10H10Br2N2O4/c11-9-3-7(17-13-9)5(15)1-2-6(16)8-4-10(12)14-18-8/h3-6,15-16H,1-2H2. The molecule has 0 spiro atoms. The molecule has 0 radical (unpaired) electrons. The van der Waals surface area contributed by atoms with Crippen LogP contribution in [0.5, 0.6) is 0 Å². The molecular formula is C10H10Br2N2O4. The van der Waals surface area contributed by atoms with Crippen molar-refractivity contribution in [3.05, 3.63) is 32.9 Å². The second kappa shape index (κ2) is 5.96. The number of hydrogen-bond donors (Lipinski definition) is 2. The highest BCUT2D eigenvalue weighted by atomic mass is 79.9. The fourth-order valence-corrected chi connectivity index (χ4v) is 2.04. The van der Waals surface area contributed by atoms with Crippen LogP contribution in [0, 0.1) is 0 Å². The zero-order valence-electron chi connectivity index (χ0n) is 9.08. The lowest BCUT2D eigenvalue weighted by Gasteiger charge is -2.09. The van der Waals surface area contributed by atoms with Crippen LogP contribution < -0.4 is 0 Å². The van der Waals surface area contributed by atoms with Gasteiger partial charge in [-0.1, -0.05) is 10.3 Å². The van der Waals surface area contributed by atoms with Gasteiger partial charge in [-0.3, -0.25) is 0 Å². The average molecular weight is 382 g/mol. The molecule has 0 aromatic carbocycles. The van der Waals surface area contributed by atoms with Crippen molar-refractivity contribution >= 4 is 31.9 Å². The third-order valence-electron chi connectivity index (χ3n) is 2.37. The van der Waals surface area contributed by atoms with E-state index < -0.39 is 12.2 Å². The maximum atomic E-state index is 9.81. The molecule has 0 aliphatic rings. The van der Waals surface area contributed by atoms with Gasteiger partial charge in [-0.2, -0.15) is 0 Å². The zero-order valence-corrected chi connectivity index (χ0v) is 12.3. The van der Waals surface area contributed by atoms with Gasteiger partial charge in [-0.05, 0) is 44.7 Å². The van der Waals surface area contributed by atoms with Gasteiger partial charge in [0.2, 0.25) is 0 Å². The quantitative estimate of drug-likeness (QED) is 0.827. The summed E-state index contributed by atoms with van der Waals surface area (Å²) in [4.78, 5) is 0. The normalized spacial score (nSPS) is 14.7. The Hall–Kier alpha value is -0.700. The Morgan fingerprint density at radius 3 is 1.61 bits per heavy atom. The Kier molecular flexibility index (Phi) is 4.55. The molecule has 2 unspecified atom stereocenters. The molecule has 0 aliphatic heterocycles. The van der Waals surface area contributed by atoms with Gasteiger partial charge in [0, 0.05) is 12.1 Å². The van der Waals surface area contributed by atoms with E-state index in [4.69, 9.17) is 9.05 Å². The molecule has 18 heavy (non-hydrogen) atoms. The lowest BCUT2D eigenvalue weighted by Crippen LogP contribution is -2.01. The Morgan fingerprint density at radius 2 is 1.33 bits per heavy atom. The summed E-state index contributed by atoms with van der Waals surface area (Å²) in [5.74, 6) is 0.709. The second-order valence-electron chi connectivity index (χ2n) is 3.71. The molecule has 2 heterocycles. The molecular weight excluding hydrogens is 372 g/mol. The van der Waals surface area contributed by atoms with Crippen molar-refractivity contribution in [2.75, 3.05) is 0 Å². The molecule has 0 saturated carbocycles. The smallest absolute Gasteiger partial charge is 0.166 e. The SMILES string of the molecule is OC(CCC(O)c1cc(Br)no1)c1cc(Br)no1. The Labute approximate surface area is 119 Å². The van der Waals surface area contributed by atoms with E-state index in [2.05, 4.69) is 42.2 Å². The molecule has 2 rings (SSSR count). The first kappa shape index (κ1) is 13.7. The van der Waals surface area contributed by atoms with Crippen LogP contribution in [0.15, 0.2) is 30.4 Å². The van der Waals surface area contributed by atoms with E-state index in [1.807, 2.05) is 0 Å². The van der Waals surface area contributed by atoms with Crippen molar-refractivity contribution in [3.63, 3.8) is 0 Å². The largest absolute Gasteiger partial charge is 0.385 e. The van der Waals surface area contributed by atoms with Crippen molar-refractivity contribution in [1.29, 1.82) is 0 Å². The highest BCUT2D eigenvalue weighted by Crippen LogP contribution is 2.27. The van der Waals surface area contributed by atoms with Gasteiger partial charge in [-0.15, -0.1) is 0 Å². The van der Waals surface area contributed by atoms with Crippen LogP contribution in [0.4, 0.5) is 0 Å². The van der Waals surface area contributed by atoms with Crippen LogP contribution in [0.2, 0.25) is 0 Å². The molecule has 0 amide bonds. The predicted molar refractivity (Wildman–Crippen MR) is 67.6 cm³/mol. The summed E-state index contributed by atoms with van der Waals surface area (Å²) >= 11 is 6.25. The first-order valence-electron chi connectivity index (χ1n) is 5.16. The molecule has 98 valence electrons. The van der Waals surface area contributed by atoms with E-state index in [9.17, 15) is 10.2 Å². The van der Waals surface area contributed by atoms with Crippen molar-refractivity contribution in [1.82, 2.24) is 10.3 Å². The van der Waals surface area contributed by atoms with Gasteiger partial charge in [0.1, 0.15) is 21.4 Å². The Balaban J connectivity index is 1.88. The monoisotopic (exact) mass is 380 g/mol. The molecule has 6 nitrogen and oxygen atoms in total. The summed E-state index contributed by atoms with van der Waals surface area (Å²) in [7, 11) is 0. The van der Waals surface area contributed by atoms with Crippen molar-refractivity contribution in [3.8, 4) is 0 Å². The highest BCUT2D eigenvalue weighted by Gasteiger charge is 2.18. The number of nitrogens with zero attached hydrogens (tertiary/aromatic N) is 2. The topological polar surface area (TPSA) is 92.5 Å². The minimum absolute atomic E-state index is 0.321. The average Bonchev–Trinajstić information content (AvgIpc) is 2.94. The lowest BCUT2D eigenvalue weighted by atomic mass is 10.1. The predicted octanol–water partition coefficient (Wildman–Crippen LogP) is 2.73. The second-order valence-corrected chi connectivity index (χ2v) is 5.34. The van der Waals surface area contributed by atoms with Crippen molar-refractivity contribution < 1.29 is 19.3 Å². The summed E-state index contributed by atoms with van der Waals surface area (Å²) in [6.07, 6.45) is -0.989. The lowest BCUT2D eigenvalue weighted by molar-refractivity contribution is 0.0828. The summed E-state index contributed by atoms with van der Waals surface area (Å²) in [5, 5.41) is 26.8. The van der Waals surface area contributed by atoms with E-state index >= 15 is 0 Å². The summed E-state index contributed by atoms with van der Waals surface area (Å²) in [6, 6.07) is 3.17. The summed E-state index contributed by atoms with van der Waals surface area (Å²) in [5.41, 5.74) is 0. The van der Waals surface area contributed by atoms with Crippen molar-refractivity contribution in [2.24, 2.45) is 0 Å². The van der Waals surface area contributed by atoms with Crippen LogP contribution in [-0.2, 0) is 0 Å². The number of halogens is 2. The summed E-state index contributed by atoms with van der Waals surface area (Å²) in [6.45, 7) is 0. The number of hydrogen-bond acceptors (Lipinski definition) is 6. The third kappa shape index (κ3) is 3.41. The van der Waals surface area contributed by atoms with Crippen LogP contribution in [0.3, 0.4) is 0 Å². The number of aromatic nitrogens is 2. The van der Waals surface area contributed by atoms with Gasteiger partial charge >= 0.3 is 0 Å². The molecule has 0 fully saturated rings. The molecule has 2 atom stereocenters. The fraction of sp³-hybridized carbons (Fsp3) is 0.400. The van der Waals surface area contributed by atoms with Crippen LogP contribution in [0.25, 0.3) is 0 Å². The molecule has 0 bridgehead atoms. The van der Waals surface area contributed by atoms with E-state index in [0.29, 0.717) is 33.6 Å². The van der Waals surface area contributed by atoms with Crippen LogP contribution >= 0.6 is 31.9 Å². The van der Waals surface area contributed by atoms with E-state index in [1.165, 1.54) is 0 Å². The highest BCUT2D eigenvalue weighted by molar-refractivity contribution is 9.10. The van der Waals surface area contributed by atoms with Gasteiger partial charge in [0.25, 0.3) is 0 Å². The zero-order chi connectivity index (χ0) is 13.1. The molecule has 0 saturated heterocycles. The van der Waals surface area contributed by atoms with Gasteiger partial charge in [-0.25, -0.2) is 0 Å². The molecule has 2 aromatic heterocycles. The minimum Gasteiger partial charge on any atom is -0.385 e. The number of aliphatic hydroxyl groups excluding tert-OH is 2. The maximum Gasteiger partial charge on any atom is 0.166 e. The van der Waals surface area contributed by atoms with Crippen molar-refractivity contribution in [2.45, 2.75) is 25.0 Å². The van der Waals surface area contributed by atoms with Crippen LogP contribution in [0.1, 0.15) is 36.6 Å². The first-order chi connectivity index (χ1) is 8.56. The molecule has 2 aromatic rings. The Bertz CT molecular complexity index is 467. The van der Waals surface area contributed by atoms with E-state index in [1.54, 1.807) is 12.1 Å². The van der Waals surface area contributed by atoms with E-state index in [0.717, 1.165) is 0 Å². The van der Waals surface area contributed by atoms with Gasteiger partial charge < -0.3 is 19.3 Å². The third-order valence-corrected chi connectivity index (χ3v) is 3.12. The fourth-order valence-electron chi connectivity index (χ4n) is 1.45. The van der Waals surface area contributed by atoms with E-state index in [-0.39, 0.29) is 0 Å². The molecule has 0 aliphatic carbocycles. The minimum atomic E-state index is -0.815. The first-order valence-corrected chi connectivity index (χ1v) is 6.75. The maximum absolute atomic E-state index is 9.81. The van der Waals surface area contributed by atoms with Gasteiger partial charge in [0.05, 0.1) is 0 Å². The molecule has 8 heteroatoms. The Morgan fingerprint density at radius 1 is 0.944 bits per heavy atom. The number of rotatable bonds is 5. The summed E-state index contributed by atoms with van der Waals surface area (Å²) < 4.78 is 10.8. The van der Waals surface area contributed by atoms with Crippen LogP contribution in [-0.4, -0.2) is 20.5 Å².